The molecule has 1 unspecified atom stereocenters. The van der Waals surface area contributed by atoms with E-state index in [4.69, 9.17) is 10.5 Å². The number of aryl methyl sites for hydroxylation is 1. The molecule has 4 nitrogen and oxygen atoms in total. The summed E-state index contributed by atoms with van der Waals surface area (Å²) in [7, 11) is 1.59. The molecule has 0 spiro atoms. The van der Waals surface area contributed by atoms with Crippen LogP contribution >= 0.6 is 0 Å². The molecule has 19 heavy (non-hydrogen) atoms. The number of hydrogen-bond donors (Lipinski definition) is 1. The molecule has 4 heteroatoms. The third-order valence-electron chi connectivity index (χ3n) is 4.05. The summed E-state index contributed by atoms with van der Waals surface area (Å²) in [6.45, 7) is 4.54. The summed E-state index contributed by atoms with van der Waals surface area (Å²) in [4.78, 5) is 14.5. The van der Waals surface area contributed by atoms with Gasteiger partial charge in [-0.05, 0) is 43.9 Å². The maximum Gasteiger partial charge on any atom is 0.258 e. The van der Waals surface area contributed by atoms with E-state index in [1.807, 2.05) is 36.9 Å². The zero-order valence-corrected chi connectivity index (χ0v) is 11.9. The van der Waals surface area contributed by atoms with Crippen LogP contribution in [0.5, 0.6) is 0 Å². The monoisotopic (exact) mass is 262 g/mol. The SMILES string of the molecule is CCC(C)(OC)C(=O)N1CCCc2ccc(N)cc21. The van der Waals surface area contributed by atoms with Crippen LogP contribution in [-0.2, 0) is 16.0 Å². The number of carbonyl (C=O) groups is 1. The van der Waals surface area contributed by atoms with Gasteiger partial charge < -0.3 is 15.4 Å². The minimum absolute atomic E-state index is 0.0176. The largest absolute Gasteiger partial charge is 0.399 e. The second-order valence-corrected chi connectivity index (χ2v) is 5.24. The van der Waals surface area contributed by atoms with Crippen LogP contribution in [0.2, 0.25) is 0 Å². The normalized spacial score (nSPS) is 17.7. The van der Waals surface area contributed by atoms with Gasteiger partial charge in [-0.15, -0.1) is 0 Å². The lowest BCUT2D eigenvalue weighted by molar-refractivity contribution is -0.138. The Bertz CT molecular complexity index is 481. The standard InChI is InChI=1S/C15H22N2O2/c1-4-15(2,19-3)14(18)17-9-5-6-11-7-8-12(16)10-13(11)17/h7-8,10H,4-6,9,16H2,1-3H3. The van der Waals surface area contributed by atoms with Crippen molar-refractivity contribution in [1.82, 2.24) is 0 Å². The number of methoxy groups -OCH3 is 1. The Morgan fingerprint density at radius 2 is 2.26 bits per heavy atom. The fourth-order valence-corrected chi connectivity index (χ4v) is 2.47. The van der Waals surface area contributed by atoms with Crippen LogP contribution in [0.3, 0.4) is 0 Å². The molecule has 104 valence electrons. The van der Waals surface area contributed by atoms with Crippen molar-refractivity contribution in [1.29, 1.82) is 0 Å². The highest BCUT2D eigenvalue weighted by Crippen LogP contribution is 2.32. The van der Waals surface area contributed by atoms with Crippen molar-refractivity contribution in [2.24, 2.45) is 0 Å². The van der Waals surface area contributed by atoms with E-state index >= 15 is 0 Å². The predicted molar refractivity (Wildman–Crippen MR) is 77.2 cm³/mol. The summed E-state index contributed by atoms with van der Waals surface area (Å²) >= 11 is 0. The van der Waals surface area contributed by atoms with Gasteiger partial charge in [-0.2, -0.15) is 0 Å². The lowest BCUT2D eigenvalue weighted by atomic mass is 9.96. The molecule has 1 aromatic rings. The van der Waals surface area contributed by atoms with E-state index < -0.39 is 5.60 Å². The number of nitrogens with two attached hydrogens (primary N) is 1. The molecule has 1 aromatic carbocycles. The number of amides is 1. The van der Waals surface area contributed by atoms with Crippen LogP contribution in [0.25, 0.3) is 0 Å². The average Bonchev–Trinajstić information content (AvgIpc) is 2.45. The molecule has 1 aliphatic rings. The van der Waals surface area contributed by atoms with E-state index in [2.05, 4.69) is 0 Å². The number of carbonyl (C=O) groups excluding carboxylic acids is 1. The first-order valence-electron chi connectivity index (χ1n) is 6.77. The van der Waals surface area contributed by atoms with E-state index in [1.54, 1.807) is 7.11 Å². The smallest absolute Gasteiger partial charge is 0.258 e. The number of nitrogen functional groups attached to an aromatic ring is 1. The molecule has 1 aliphatic heterocycles. The summed E-state index contributed by atoms with van der Waals surface area (Å²) in [5.74, 6) is 0.0176. The molecule has 1 heterocycles. The Morgan fingerprint density at radius 3 is 2.89 bits per heavy atom. The first-order valence-corrected chi connectivity index (χ1v) is 6.77. The number of ether oxygens (including phenoxy) is 1. The van der Waals surface area contributed by atoms with Gasteiger partial charge in [0.05, 0.1) is 0 Å². The Kier molecular flexibility index (Phi) is 3.80. The van der Waals surface area contributed by atoms with Crippen LogP contribution in [0.4, 0.5) is 11.4 Å². The van der Waals surface area contributed by atoms with Gasteiger partial charge in [0.1, 0.15) is 5.60 Å². The molecule has 0 aromatic heterocycles. The number of fused-ring (bicyclic) bond motifs is 1. The first kappa shape index (κ1) is 13.9. The van der Waals surface area contributed by atoms with Crippen molar-refractivity contribution >= 4 is 17.3 Å². The van der Waals surface area contributed by atoms with Gasteiger partial charge in [0, 0.05) is 25.0 Å². The topological polar surface area (TPSA) is 55.6 Å². The van der Waals surface area contributed by atoms with Gasteiger partial charge in [-0.25, -0.2) is 0 Å². The predicted octanol–water partition coefficient (Wildman–Crippen LogP) is 2.36. The van der Waals surface area contributed by atoms with Crippen molar-refractivity contribution in [2.45, 2.75) is 38.7 Å². The molecular formula is C15H22N2O2. The lowest BCUT2D eigenvalue weighted by Gasteiger charge is -2.36. The number of anilines is 2. The quantitative estimate of drug-likeness (QED) is 0.851. The Hall–Kier alpha value is -1.55. The van der Waals surface area contributed by atoms with Gasteiger partial charge >= 0.3 is 0 Å². The van der Waals surface area contributed by atoms with Crippen LogP contribution in [-0.4, -0.2) is 25.2 Å². The number of rotatable bonds is 3. The van der Waals surface area contributed by atoms with Gasteiger partial charge in [-0.1, -0.05) is 13.0 Å². The molecule has 0 saturated heterocycles. The zero-order valence-electron chi connectivity index (χ0n) is 11.9. The van der Waals surface area contributed by atoms with Gasteiger partial charge in [0.15, 0.2) is 0 Å². The average molecular weight is 262 g/mol. The fourth-order valence-electron chi connectivity index (χ4n) is 2.47. The third kappa shape index (κ3) is 2.45. The van der Waals surface area contributed by atoms with E-state index in [9.17, 15) is 4.79 Å². The third-order valence-corrected chi connectivity index (χ3v) is 4.05. The Labute approximate surface area is 114 Å². The van der Waals surface area contributed by atoms with Crippen LogP contribution in [0, 0.1) is 0 Å². The van der Waals surface area contributed by atoms with Crippen molar-refractivity contribution < 1.29 is 9.53 Å². The second kappa shape index (κ2) is 5.21. The maximum absolute atomic E-state index is 12.7. The summed E-state index contributed by atoms with van der Waals surface area (Å²) < 4.78 is 5.42. The molecule has 2 N–H and O–H groups in total. The molecule has 1 amide bonds. The summed E-state index contributed by atoms with van der Waals surface area (Å²) in [6, 6.07) is 5.79. The first-order chi connectivity index (χ1) is 9.01. The number of hydrogen-bond acceptors (Lipinski definition) is 3. The minimum atomic E-state index is -0.765. The number of nitrogens with zero attached hydrogens (tertiary/aromatic N) is 1. The van der Waals surface area contributed by atoms with Crippen LogP contribution in [0.15, 0.2) is 18.2 Å². The van der Waals surface area contributed by atoms with Crippen molar-refractivity contribution in [3.63, 3.8) is 0 Å². The molecule has 0 aliphatic carbocycles. The van der Waals surface area contributed by atoms with Crippen LogP contribution in [0.1, 0.15) is 32.3 Å². The van der Waals surface area contributed by atoms with Crippen molar-refractivity contribution in [2.75, 3.05) is 24.3 Å². The van der Waals surface area contributed by atoms with Gasteiger partial charge in [0.2, 0.25) is 0 Å². The molecular weight excluding hydrogens is 240 g/mol. The van der Waals surface area contributed by atoms with E-state index in [1.165, 1.54) is 5.56 Å². The minimum Gasteiger partial charge on any atom is -0.399 e. The molecule has 0 saturated carbocycles. The van der Waals surface area contributed by atoms with Gasteiger partial charge in [-0.3, -0.25) is 4.79 Å². The van der Waals surface area contributed by atoms with E-state index in [0.717, 1.165) is 25.1 Å². The van der Waals surface area contributed by atoms with Crippen LogP contribution < -0.4 is 10.6 Å². The zero-order chi connectivity index (χ0) is 14.0. The maximum atomic E-state index is 12.7. The highest BCUT2D eigenvalue weighted by atomic mass is 16.5. The van der Waals surface area contributed by atoms with Crippen molar-refractivity contribution in [3.8, 4) is 0 Å². The summed E-state index contributed by atoms with van der Waals surface area (Å²) in [6.07, 6.45) is 2.62. The molecule has 0 radical (unpaired) electrons. The Morgan fingerprint density at radius 1 is 1.53 bits per heavy atom. The highest BCUT2D eigenvalue weighted by Gasteiger charge is 2.37. The molecule has 0 fully saturated rings. The summed E-state index contributed by atoms with van der Waals surface area (Å²) in [5, 5.41) is 0. The summed E-state index contributed by atoms with van der Waals surface area (Å²) in [5.41, 5.74) is 7.89. The second-order valence-electron chi connectivity index (χ2n) is 5.24. The highest BCUT2D eigenvalue weighted by molar-refractivity contribution is 6.00. The lowest BCUT2D eigenvalue weighted by Crippen LogP contribution is -2.50. The van der Waals surface area contributed by atoms with E-state index in [0.29, 0.717) is 12.1 Å². The van der Waals surface area contributed by atoms with E-state index in [-0.39, 0.29) is 5.91 Å². The molecule has 2 rings (SSSR count). The Balaban J connectivity index is 2.38. The number of benzene rings is 1. The fraction of sp³-hybridized carbons (Fsp3) is 0.533. The molecule has 0 bridgehead atoms. The molecule has 1 atom stereocenters. The van der Waals surface area contributed by atoms with Gasteiger partial charge in [0.25, 0.3) is 5.91 Å². The van der Waals surface area contributed by atoms with Crippen molar-refractivity contribution in [3.05, 3.63) is 23.8 Å².